The first kappa shape index (κ1) is 13.5. The third-order valence-electron chi connectivity index (χ3n) is 5.10. The van der Waals surface area contributed by atoms with Crippen molar-refractivity contribution in [1.82, 2.24) is 4.90 Å². The molecule has 1 fully saturated rings. The molecule has 2 heterocycles. The van der Waals surface area contributed by atoms with Crippen LogP contribution in [0.25, 0.3) is 0 Å². The molecule has 0 aromatic carbocycles. The van der Waals surface area contributed by atoms with Crippen LogP contribution in [0.5, 0.6) is 0 Å². The average molecular weight is 279 g/mol. The molecule has 3 aliphatic rings. The smallest absolute Gasteiger partial charge is 0.318 e. The average Bonchev–Trinajstić information content (AvgIpc) is 3.13. The van der Waals surface area contributed by atoms with Crippen molar-refractivity contribution in [2.75, 3.05) is 20.8 Å². The molecule has 2 unspecified atom stereocenters. The Balaban J connectivity index is 2.07. The minimum Gasteiger partial charge on any atom is -0.469 e. The van der Waals surface area contributed by atoms with Gasteiger partial charge in [-0.3, -0.25) is 9.59 Å². The number of methoxy groups -OCH3 is 2. The van der Waals surface area contributed by atoms with Gasteiger partial charge in [0.05, 0.1) is 20.6 Å². The van der Waals surface area contributed by atoms with Crippen molar-refractivity contribution in [2.45, 2.75) is 44.6 Å². The van der Waals surface area contributed by atoms with Crippen LogP contribution in [0.15, 0.2) is 11.3 Å². The van der Waals surface area contributed by atoms with Gasteiger partial charge in [-0.2, -0.15) is 0 Å². The van der Waals surface area contributed by atoms with Gasteiger partial charge < -0.3 is 14.4 Å². The zero-order valence-electron chi connectivity index (χ0n) is 12.1. The van der Waals surface area contributed by atoms with Gasteiger partial charge in [0.25, 0.3) is 0 Å². The summed E-state index contributed by atoms with van der Waals surface area (Å²) in [5.41, 5.74) is 1.63. The van der Waals surface area contributed by atoms with Crippen LogP contribution in [0.2, 0.25) is 0 Å². The molecule has 0 saturated carbocycles. The van der Waals surface area contributed by atoms with E-state index < -0.39 is 5.41 Å². The van der Waals surface area contributed by atoms with E-state index in [4.69, 9.17) is 9.47 Å². The summed E-state index contributed by atoms with van der Waals surface area (Å²) in [7, 11) is 2.78. The van der Waals surface area contributed by atoms with Crippen molar-refractivity contribution in [3.8, 4) is 0 Å². The second-order valence-corrected chi connectivity index (χ2v) is 5.85. The van der Waals surface area contributed by atoms with Crippen molar-refractivity contribution in [2.24, 2.45) is 5.41 Å². The number of nitrogens with zero attached hydrogens (tertiary/aromatic N) is 1. The van der Waals surface area contributed by atoms with Gasteiger partial charge in [0, 0.05) is 18.3 Å². The molecule has 0 spiro atoms. The second kappa shape index (κ2) is 4.79. The highest BCUT2D eigenvalue weighted by molar-refractivity contribution is 5.88. The Morgan fingerprint density at radius 2 is 2.05 bits per heavy atom. The quantitative estimate of drug-likeness (QED) is 0.735. The Labute approximate surface area is 118 Å². The van der Waals surface area contributed by atoms with Gasteiger partial charge in [-0.05, 0) is 37.7 Å². The normalized spacial score (nSPS) is 31.3. The number of rotatable bonds is 3. The maximum absolute atomic E-state index is 12.6. The van der Waals surface area contributed by atoms with Crippen molar-refractivity contribution in [3.63, 3.8) is 0 Å². The van der Waals surface area contributed by atoms with Crippen molar-refractivity contribution < 1.29 is 19.1 Å². The highest BCUT2D eigenvalue weighted by Crippen LogP contribution is 2.56. The van der Waals surface area contributed by atoms with Gasteiger partial charge in [0.2, 0.25) is 0 Å². The fourth-order valence-corrected chi connectivity index (χ4v) is 4.37. The summed E-state index contributed by atoms with van der Waals surface area (Å²) in [5, 5.41) is 0. The SMILES string of the molecule is COC(=O)CC1(C(=O)OC)C2=C(CCC2)N2CCCC21. The van der Waals surface area contributed by atoms with Gasteiger partial charge in [-0.1, -0.05) is 0 Å². The molecule has 0 amide bonds. The summed E-state index contributed by atoms with van der Waals surface area (Å²) < 4.78 is 9.93. The highest BCUT2D eigenvalue weighted by Gasteiger charge is 2.60. The number of carbonyl (C=O) groups excluding carboxylic acids is 2. The summed E-state index contributed by atoms with van der Waals surface area (Å²) in [6.45, 7) is 0.990. The minimum atomic E-state index is -0.801. The topological polar surface area (TPSA) is 55.8 Å². The van der Waals surface area contributed by atoms with Crippen LogP contribution < -0.4 is 0 Å². The molecule has 2 atom stereocenters. The van der Waals surface area contributed by atoms with Gasteiger partial charge >= 0.3 is 11.9 Å². The molecule has 20 heavy (non-hydrogen) atoms. The van der Waals surface area contributed by atoms with Crippen LogP contribution in [0.3, 0.4) is 0 Å². The Hall–Kier alpha value is -1.52. The maximum Gasteiger partial charge on any atom is 0.318 e. The van der Waals surface area contributed by atoms with E-state index in [2.05, 4.69) is 4.90 Å². The monoisotopic (exact) mass is 279 g/mol. The predicted molar refractivity (Wildman–Crippen MR) is 71.7 cm³/mol. The summed E-state index contributed by atoms with van der Waals surface area (Å²) >= 11 is 0. The third kappa shape index (κ3) is 1.61. The lowest BCUT2D eigenvalue weighted by atomic mass is 9.71. The van der Waals surface area contributed by atoms with E-state index in [0.29, 0.717) is 0 Å². The Morgan fingerprint density at radius 1 is 1.25 bits per heavy atom. The molecule has 0 radical (unpaired) electrons. The fourth-order valence-electron chi connectivity index (χ4n) is 4.37. The summed E-state index contributed by atoms with van der Waals surface area (Å²) in [5.74, 6) is -0.602. The molecule has 1 saturated heterocycles. The Bertz CT molecular complexity index is 484. The number of hydrogen-bond donors (Lipinski definition) is 0. The Morgan fingerprint density at radius 3 is 2.75 bits per heavy atom. The van der Waals surface area contributed by atoms with Crippen LogP contribution >= 0.6 is 0 Å². The number of esters is 2. The van der Waals surface area contributed by atoms with E-state index in [1.54, 1.807) is 0 Å². The number of ether oxygens (including phenoxy) is 2. The van der Waals surface area contributed by atoms with Gasteiger partial charge in [-0.15, -0.1) is 0 Å². The van der Waals surface area contributed by atoms with Crippen LogP contribution in [0.1, 0.15) is 38.5 Å². The highest BCUT2D eigenvalue weighted by atomic mass is 16.5. The molecule has 3 rings (SSSR count). The molecular weight excluding hydrogens is 258 g/mol. The lowest BCUT2D eigenvalue weighted by Gasteiger charge is -2.35. The molecule has 0 aromatic rings. The molecule has 0 bridgehead atoms. The van der Waals surface area contributed by atoms with Crippen molar-refractivity contribution in [1.29, 1.82) is 0 Å². The number of hydrogen-bond acceptors (Lipinski definition) is 5. The van der Waals surface area contributed by atoms with E-state index in [1.807, 2.05) is 0 Å². The van der Waals surface area contributed by atoms with E-state index in [0.717, 1.165) is 44.2 Å². The lowest BCUT2D eigenvalue weighted by Crippen LogP contribution is -2.47. The fraction of sp³-hybridized carbons (Fsp3) is 0.733. The standard InChI is InChI=1S/C15H21NO4/c1-19-13(17)9-15(14(18)20-2)10-5-3-6-11(10)16-8-4-7-12(15)16/h12H,3-9H2,1-2H3. The molecule has 5 nitrogen and oxygen atoms in total. The molecular formula is C15H21NO4. The van der Waals surface area contributed by atoms with Crippen LogP contribution in [0, 0.1) is 5.41 Å². The van der Waals surface area contributed by atoms with E-state index in [1.165, 1.54) is 19.9 Å². The summed E-state index contributed by atoms with van der Waals surface area (Å²) in [6, 6.07) is 0.0827. The second-order valence-electron chi connectivity index (χ2n) is 5.85. The van der Waals surface area contributed by atoms with Crippen LogP contribution in [-0.4, -0.2) is 43.6 Å². The molecule has 2 aliphatic heterocycles. The number of fused-ring (bicyclic) bond motifs is 2. The van der Waals surface area contributed by atoms with Gasteiger partial charge in [-0.25, -0.2) is 0 Å². The molecule has 0 N–H and O–H groups in total. The summed E-state index contributed by atoms with van der Waals surface area (Å²) in [4.78, 5) is 26.8. The first-order valence-corrected chi connectivity index (χ1v) is 7.29. The first-order chi connectivity index (χ1) is 9.65. The third-order valence-corrected chi connectivity index (χ3v) is 5.10. The number of carbonyl (C=O) groups is 2. The summed E-state index contributed by atoms with van der Waals surface area (Å²) in [6.07, 6.45) is 5.10. The van der Waals surface area contributed by atoms with Crippen LogP contribution in [-0.2, 0) is 19.1 Å². The zero-order valence-corrected chi connectivity index (χ0v) is 12.1. The Kier molecular flexibility index (Phi) is 3.22. The molecule has 5 heteroatoms. The molecule has 110 valence electrons. The molecule has 1 aliphatic carbocycles. The lowest BCUT2D eigenvalue weighted by molar-refractivity contribution is -0.159. The van der Waals surface area contributed by atoms with Crippen LogP contribution in [0.4, 0.5) is 0 Å². The van der Waals surface area contributed by atoms with Crippen molar-refractivity contribution >= 4 is 11.9 Å². The maximum atomic E-state index is 12.6. The van der Waals surface area contributed by atoms with E-state index in [9.17, 15) is 9.59 Å². The van der Waals surface area contributed by atoms with E-state index in [-0.39, 0.29) is 24.4 Å². The first-order valence-electron chi connectivity index (χ1n) is 7.29. The minimum absolute atomic E-state index is 0.0827. The van der Waals surface area contributed by atoms with E-state index >= 15 is 0 Å². The number of allylic oxidation sites excluding steroid dienone is 1. The molecule has 0 aromatic heterocycles. The zero-order chi connectivity index (χ0) is 14.3. The van der Waals surface area contributed by atoms with Gasteiger partial charge in [0.1, 0.15) is 5.41 Å². The predicted octanol–water partition coefficient (Wildman–Crippen LogP) is 1.62. The largest absolute Gasteiger partial charge is 0.469 e. The van der Waals surface area contributed by atoms with Gasteiger partial charge in [0.15, 0.2) is 0 Å². The van der Waals surface area contributed by atoms with Crippen molar-refractivity contribution in [3.05, 3.63) is 11.3 Å².